The van der Waals surface area contributed by atoms with Crippen LogP contribution in [0.1, 0.15) is 25.7 Å². The molecule has 3 nitrogen and oxygen atoms in total. The Balaban J connectivity index is 2.42. The van der Waals surface area contributed by atoms with Gasteiger partial charge in [-0.1, -0.05) is 29.8 Å². The second kappa shape index (κ2) is 4.67. The predicted molar refractivity (Wildman–Crippen MR) is 69.2 cm³/mol. The maximum Gasteiger partial charge on any atom is 0.248 e. The van der Waals surface area contributed by atoms with Crippen LogP contribution in [0.3, 0.4) is 0 Å². The Kier molecular flexibility index (Phi) is 3.44. The van der Waals surface area contributed by atoms with Crippen LogP contribution >= 0.6 is 31.9 Å². The molecule has 5 heteroatoms. The van der Waals surface area contributed by atoms with Crippen LogP contribution in [0, 0.1) is 0 Å². The average Bonchev–Trinajstić information content (AvgIpc) is 2.66. The predicted octanol–water partition coefficient (Wildman–Crippen LogP) is 4.39. The number of hydrogen-bond acceptors (Lipinski definition) is 3. The zero-order chi connectivity index (χ0) is 11.7. The van der Waals surface area contributed by atoms with Crippen LogP contribution in [0.25, 0.3) is 11.5 Å². The smallest absolute Gasteiger partial charge is 0.248 e. The fraction of sp³-hybridized carbons (Fsp3) is 0.273. The largest absolute Gasteiger partial charge is 0.420 e. The number of benzene rings is 1. The van der Waals surface area contributed by atoms with Crippen molar-refractivity contribution in [3.05, 3.63) is 33.0 Å². The molecular formula is C11H10Br2N2O. The van der Waals surface area contributed by atoms with Gasteiger partial charge in [0.2, 0.25) is 11.8 Å². The molecule has 1 aromatic heterocycles. The first kappa shape index (κ1) is 11.8. The molecule has 0 unspecified atom stereocenters. The van der Waals surface area contributed by atoms with Crippen molar-refractivity contribution in [3.63, 3.8) is 0 Å². The summed E-state index contributed by atoms with van der Waals surface area (Å²) in [6.07, 6.45) is 0. The van der Waals surface area contributed by atoms with Gasteiger partial charge < -0.3 is 4.42 Å². The number of nitrogens with zero attached hydrogens (tertiary/aromatic N) is 2. The van der Waals surface area contributed by atoms with E-state index in [1.807, 2.05) is 32.0 Å². The normalized spacial score (nSPS) is 11.1. The van der Waals surface area contributed by atoms with Crippen LogP contribution in [-0.2, 0) is 0 Å². The van der Waals surface area contributed by atoms with Gasteiger partial charge in [0.25, 0.3) is 0 Å². The lowest BCUT2D eigenvalue weighted by Gasteiger charge is -2.00. The summed E-state index contributed by atoms with van der Waals surface area (Å²) in [5, 5.41) is 8.04. The molecule has 0 bridgehead atoms. The Hall–Kier alpha value is -0.680. The van der Waals surface area contributed by atoms with Crippen LogP contribution < -0.4 is 0 Å². The van der Waals surface area contributed by atoms with E-state index in [0.29, 0.717) is 11.8 Å². The van der Waals surface area contributed by atoms with Crippen molar-refractivity contribution in [1.82, 2.24) is 10.2 Å². The number of aromatic nitrogens is 2. The highest BCUT2D eigenvalue weighted by atomic mass is 79.9. The quantitative estimate of drug-likeness (QED) is 0.810. The topological polar surface area (TPSA) is 38.9 Å². The first-order valence-corrected chi connectivity index (χ1v) is 6.45. The summed E-state index contributed by atoms with van der Waals surface area (Å²) in [5.41, 5.74) is 0.905. The molecule has 0 fully saturated rings. The van der Waals surface area contributed by atoms with Gasteiger partial charge in [0.1, 0.15) is 0 Å². The van der Waals surface area contributed by atoms with Crippen molar-refractivity contribution >= 4 is 31.9 Å². The van der Waals surface area contributed by atoms with Crippen molar-refractivity contribution in [2.24, 2.45) is 0 Å². The lowest BCUT2D eigenvalue weighted by Crippen LogP contribution is -1.85. The van der Waals surface area contributed by atoms with Gasteiger partial charge in [-0.2, -0.15) is 0 Å². The maximum atomic E-state index is 5.58. The van der Waals surface area contributed by atoms with E-state index in [1.165, 1.54) is 0 Å². The summed E-state index contributed by atoms with van der Waals surface area (Å²) in [7, 11) is 0. The highest BCUT2D eigenvalue weighted by Gasteiger charge is 2.13. The molecule has 2 aromatic rings. The van der Waals surface area contributed by atoms with Crippen LogP contribution in [-0.4, -0.2) is 10.2 Å². The number of hydrogen-bond donors (Lipinski definition) is 0. The molecule has 0 spiro atoms. The highest BCUT2D eigenvalue weighted by molar-refractivity contribution is 9.11. The first-order valence-electron chi connectivity index (χ1n) is 4.86. The standard InChI is InChI=1S/C11H10Br2N2O/c1-6(2)10-14-15-11(16-10)8-4-3-7(12)5-9(8)13/h3-6H,1-2H3. The molecule has 0 radical (unpaired) electrons. The summed E-state index contributed by atoms with van der Waals surface area (Å²) in [4.78, 5) is 0. The van der Waals surface area contributed by atoms with Crippen molar-refractivity contribution in [2.75, 3.05) is 0 Å². The summed E-state index contributed by atoms with van der Waals surface area (Å²) in [6.45, 7) is 4.04. The van der Waals surface area contributed by atoms with Gasteiger partial charge >= 0.3 is 0 Å². The Morgan fingerprint density at radius 1 is 1.19 bits per heavy atom. The lowest BCUT2D eigenvalue weighted by atomic mass is 10.2. The second-order valence-electron chi connectivity index (χ2n) is 3.72. The molecule has 16 heavy (non-hydrogen) atoms. The number of halogens is 2. The molecular weight excluding hydrogens is 336 g/mol. The third-order valence-electron chi connectivity index (χ3n) is 2.10. The second-order valence-corrected chi connectivity index (χ2v) is 5.49. The molecule has 84 valence electrons. The average molecular weight is 346 g/mol. The van der Waals surface area contributed by atoms with E-state index in [2.05, 4.69) is 42.1 Å². The van der Waals surface area contributed by atoms with E-state index in [1.54, 1.807) is 0 Å². The van der Waals surface area contributed by atoms with Gasteiger partial charge in [-0.05, 0) is 34.1 Å². The minimum absolute atomic E-state index is 0.246. The summed E-state index contributed by atoms with van der Waals surface area (Å²) in [5.74, 6) is 1.45. The van der Waals surface area contributed by atoms with Crippen molar-refractivity contribution in [2.45, 2.75) is 19.8 Å². The van der Waals surface area contributed by atoms with E-state index in [0.717, 1.165) is 14.5 Å². The van der Waals surface area contributed by atoms with Gasteiger partial charge in [0.15, 0.2) is 0 Å². The summed E-state index contributed by atoms with van der Waals surface area (Å²) in [6, 6.07) is 5.83. The minimum Gasteiger partial charge on any atom is -0.420 e. The molecule has 0 aliphatic carbocycles. The van der Waals surface area contributed by atoms with Crippen molar-refractivity contribution in [3.8, 4) is 11.5 Å². The highest BCUT2D eigenvalue weighted by Crippen LogP contribution is 2.30. The Bertz CT molecular complexity index is 508. The van der Waals surface area contributed by atoms with Crippen LogP contribution in [0.5, 0.6) is 0 Å². The minimum atomic E-state index is 0.246. The van der Waals surface area contributed by atoms with E-state index < -0.39 is 0 Å². The van der Waals surface area contributed by atoms with Crippen molar-refractivity contribution < 1.29 is 4.42 Å². The molecule has 1 aromatic carbocycles. The molecule has 0 N–H and O–H groups in total. The van der Waals surface area contributed by atoms with E-state index in [9.17, 15) is 0 Å². The lowest BCUT2D eigenvalue weighted by molar-refractivity contribution is 0.481. The molecule has 0 atom stereocenters. The molecule has 0 aliphatic rings. The molecule has 2 rings (SSSR count). The molecule has 0 aliphatic heterocycles. The SMILES string of the molecule is CC(C)c1nnc(-c2ccc(Br)cc2Br)o1. The molecule has 0 amide bonds. The summed E-state index contributed by atoms with van der Waals surface area (Å²) < 4.78 is 7.52. The Morgan fingerprint density at radius 2 is 1.94 bits per heavy atom. The zero-order valence-corrected chi connectivity index (χ0v) is 12.0. The van der Waals surface area contributed by atoms with Gasteiger partial charge in [-0.25, -0.2) is 0 Å². The van der Waals surface area contributed by atoms with Gasteiger partial charge in [-0.15, -0.1) is 10.2 Å². The molecule has 0 saturated heterocycles. The molecule has 0 saturated carbocycles. The van der Waals surface area contributed by atoms with Crippen LogP contribution in [0.4, 0.5) is 0 Å². The van der Waals surface area contributed by atoms with Gasteiger partial charge in [0.05, 0.1) is 5.56 Å². The van der Waals surface area contributed by atoms with Crippen LogP contribution in [0.2, 0.25) is 0 Å². The third kappa shape index (κ3) is 2.35. The Morgan fingerprint density at radius 3 is 2.50 bits per heavy atom. The Labute approximate surface area is 111 Å². The third-order valence-corrected chi connectivity index (χ3v) is 3.25. The van der Waals surface area contributed by atoms with E-state index in [4.69, 9.17) is 4.42 Å². The van der Waals surface area contributed by atoms with Crippen molar-refractivity contribution in [1.29, 1.82) is 0 Å². The van der Waals surface area contributed by atoms with E-state index >= 15 is 0 Å². The van der Waals surface area contributed by atoms with Crippen LogP contribution in [0.15, 0.2) is 31.6 Å². The van der Waals surface area contributed by atoms with Gasteiger partial charge in [-0.3, -0.25) is 0 Å². The fourth-order valence-corrected chi connectivity index (χ4v) is 2.46. The summed E-state index contributed by atoms with van der Waals surface area (Å²) >= 11 is 6.87. The van der Waals surface area contributed by atoms with Gasteiger partial charge in [0, 0.05) is 14.9 Å². The maximum absolute atomic E-state index is 5.58. The molecule has 1 heterocycles. The first-order chi connectivity index (χ1) is 7.58. The fourth-order valence-electron chi connectivity index (χ4n) is 1.24. The zero-order valence-electron chi connectivity index (χ0n) is 8.87. The monoisotopic (exact) mass is 344 g/mol. The number of rotatable bonds is 2. The van der Waals surface area contributed by atoms with E-state index in [-0.39, 0.29) is 5.92 Å².